The van der Waals surface area contributed by atoms with Crippen molar-refractivity contribution >= 4 is 21.8 Å². The van der Waals surface area contributed by atoms with Crippen LogP contribution in [0.3, 0.4) is 0 Å². The van der Waals surface area contributed by atoms with E-state index in [2.05, 4.69) is 28.2 Å². The minimum atomic E-state index is 0.0613. The van der Waals surface area contributed by atoms with Gasteiger partial charge in [0.25, 0.3) is 5.91 Å². The van der Waals surface area contributed by atoms with Crippen molar-refractivity contribution in [1.29, 1.82) is 0 Å². The van der Waals surface area contributed by atoms with Gasteiger partial charge in [0.15, 0.2) is 4.67 Å². The fourth-order valence-electron chi connectivity index (χ4n) is 2.39. The predicted molar refractivity (Wildman–Crippen MR) is 73.6 cm³/mol. The van der Waals surface area contributed by atoms with Crippen LogP contribution in [-0.4, -0.2) is 36.5 Å². The van der Waals surface area contributed by atoms with E-state index in [1.807, 2.05) is 4.90 Å². The standard InChI is InChI=1S/C13H19BrN2O2/c1-2-7-16(10-4-3-6-15-9-10)13(17)11-5-8-18-12(11)14/h5,8,10,15H,2-4,6-7,9H2,1H3. The van der Waals surface area contributed by atoms with Gasteiger partial charge in [0.2, 0.25) is 0 Å². The number of carbonyl (C=O) groups is 1. The van der Waals surface area contributed by atoms with Crippen molar-refractivity contribution in [3.8, 4) is 0 Å². The highest BCUT2D eigenvalue weighted by molar-refractivity contribution is 9.10. The fraction of sp³-hybridized carbons (Fsp3) is 0.615. The maximum Gasteiger partial charge on any atom is 0.258 e. The molecule has 1 fully saturated rings. The molecule has 2 heterocycles. The van der Waals surface area contributed by atoms with E-state index < -0.39 is 0 Å². The summed E-state index contributed by atoms with van der Waals surface area (Å²) < 4.78 is 5.68. The number of amides is 1. The van der Waals surface area contributed by atoms with Crippen molar-refractivity contribution in [2.45, 2.75) is 32.2 Å². The van der Waals surface area contributed by atoms with Crippen LogP contribution >= 0.6 is 15.9 Å². The molecule has 1 aliphatic heterocycles. The highest BCUT2D eigenvalue weighted by atomic mass is 79.9. The fourth-order valence-corrected chi connectivity index (χ4v) is 2.80. The smallest absolute Gasteiger partial charge is 0.258 e. The number of furan rings is 1. The van der Waals surface area contributed by atoms with Crippen LogP contribution in [0.2, 0.25) is 0 Å². The number of nitrogens with zero attached hydrogens (tertiary/aromatic N) is 1. The Hall–Kier alpha value is -0.810. The van der Waals surface area contributed by atoms with E-state index in [0.29, 0.717) is 16.3 Å². The predicted octanol–water partition coefficient (Wildman–Crippen LogP) is 2.65. The molecule has 4 nitrogen and oxygen atoms in total. The van der Waals surface area contributed by atoms with Crippen LogP contribution < -0.4 is 5.32 Å². The Kier molecular flexibility index (Phi) is 4.83. The van der Waals surface area contributed by atoms with Gasteiger partial charge in [-0.25, -0.2) is 0 Å². The molecule has 1 saturated heterocycles. The van der Waals surface area contributed by atoms with Gasteiger partial charge in [-0.3, -0.25) is 4.79 Å². The third-order valence-electron chi connectivity index (χ3n) is 3.29. The van der Waals surface area contributed by atoms with Crippen molar-refractivity contribution in [1.82, 2.24) is 10.2 Å². The van der Waals surface area contributed by atoms with E-state index in [-0.39, 0.29) is 5.91 Å². The Morgan fingerprint density at radius 3 is 3.06 bits per heavy atom. The molecule has 1 amide bonds. The van der Waals surface area contributed by atoms with Gasteiger partial charge >= 0.3 is 0 Å². The van der Waals surface area contributed by atoms with Crippen LogP contribution in [0.4, 0.5) is 0 Å². The van der Waals surface area contributed by atoms with Gasteiger partial charge in [-0.2, -0.15) is 0 Å². The van der Waals surface area contributed by atoms with Crippen molar-refractivity contribution in [2.75, 3.05) is 19.6 Å². The molecule has 0 aromatic carbocycles. The van der Waals surface area contributed by atoms with Gasteiger partial charge in [-0.1, -0.05) is 6.92 Å². The maximum absolute atomic E-state index is 12.5. The van der Waals surface area contributed by atoms with Gasteiger partial charge in [-0.15, -0.1) is 0 Å². The molecule has 1 aromatic heterocycles. The SMILES string of the molecule is CCCN(C(=O)c1ccoc1Br)C1CCCNC1. The molecule has 0 radical (unpaired) electrons. The first kappa shape index (κ1) is 13.6. The molecule has 0 spiro atoms. The van der Waals surface area contributed by atoms with Crippen molar-refractivity contribution < 1.29 is 9.21 Å². The summed E-state index contributed by atoms with van der Waals surface area (Å²) in [5, 5.41) is 3.36. The van der Waals surface area contributed by atoms with Gasteiger partial charge in [0.05, 0.1) is 11.8 Å². The molecule has 0 bridgehead atoms. The quantitative estimate of drug-likeness (QED) is 0.929. The van der Waals surface area contributed by atoms with E-state index >= 15 is 0 Å². The summed E-state index contributed by atoms with van der Waals surface area (Å²) in [6.45, 7) is 4.84. The second-order valence-electron chi connectivity index (χ2n) is 4.61. The Labute approximate surface area is 116 Å². The second-order valence-corrected chi connectivity index (χ2v) is 5.33. The van der Waals surface area contributed by atoms with Crippen LogP contribution in [0.1, 0.15) is 36.5 Å². The second kappa shape index (κ2) is 6.38. The van der Waals surface area contributed by atoms with Crippen LogP contribution in [0.15, 0.2) is 21.4 Å². The Bertz CT molecular complexity index is 399. The number of nitrogens with one attached hydrogen (secondary N) is 1. The molecule has 0 saturated carbocycles. The van der Waals surface area contributed by atoms with Crippen molar-refractivity contribution in [3.63, 3.8) is 0 Å². The van der Waals surface area contributed by atoms with E-state index in [1.165, 1.54) is 0 Å². The molecule has 5 heteroatoms. The first-order valence-corrected chi connectivity index (χ1v) is 7.28. The summed E-state index contributed by atoms with van der Waals surface area (Å²) in [5.74, 6) is 0.0613. The molecular formula is C13H19BrN2O2. The Morgan fingerprint density at radius 1 is 1.67 bits per heavy atom. The average Bonchev–Trinajstić information content (AvgIpc) is 2.82. The Balaban J connectivity index is 2.13. The summed E-state index contributed by atoms with van der Waals surface area (Å²) in [6.07, 6.45) is 4.72. The van der Waals surface area contributed by atoms with Crippen LogP contribution in [0, 0.1) is 0 Å². The summed E-state index contributed by atoms with van der Waals surface area (Å²) >= 11 is 3.28. The van der Waals surface area contributed by atoms with Gasteiger partial charge in [0, 0.05) is 19.1 Å². The van der Waals surface area contributed by atoms with Crippen molar-refractivity contribution in [3.05, 3.63) is 22.6 Å². The number of hydrogen-bond donors (Lipinski definition) is 1. The zero-order valence-corrected chi connectivity index (χ0v) is 12.2. The van der Waals surface area contributed by atoms with E-state index in [4.69, 9.17) is 4.42 Å². The lowest BCUT2D eigenvalue weighted by atomic mass is 10.0. The number of hydrogen-bond acceptors (Lipinski definition) is 3. The lowest BCUT2D eigenvalue weighted by Crippen LogP contribution is -2.49. The minimum absolute atomic E-state index is 0.0613. The Morgan fingerprint density at radius 2 is 2.50 bits per heavy atom. The van der Waals surface area contributed by atoms with Crippen LogP contribution in [0.5, 0.6) is 0 Å². The molecule has 0 aliphatic carbocycles. The summed E-state index contributed by atoms with van der Waals surface area (Å²) in [6, 6.07) is 2.03. The largest absolute Gasteiger partial charge is 0.457 e. The number of halogens is 1. The van der Waals surface area contributed by atoms with Crippen molar-refractivity contribution in [2.24, 2.45) is 0 Å². The van der Waals surface area contributed by atoms with Gasteiger partial charge in [-0.05, 0) is 47.8 Å². The van der Waals surface area contributed by atoms with E-state index in [9.17, 15) is 4.79 Å². The van der Waals surface area contributed by atoms with Gasteiger partial charge < -0.3 is 14.6 Å². The first-order valence-electron chi connectivity index (χ1n) is 6.48. The summed E-state index contributed by atoms with van der Waals surface area (Å²) in [5.41, 5.74) is 0.619. The van der Waals surface area contributed by atoms with Crippen LogP contribution in [0.25, 0.3) is 0 Å². The number of carbonyl (C=O) groups excluding carboxylic acids is 1. The average molecular weight is 315 g/mol. The summed E-state index contributed by atoms with van der Waals surface area (Å²) in [4.78, 5) is 14.5. The molecule has 1 aromatic rings. The molecule has 2 rings (SSSR count). The maximum atomic E-state index is 12.5. The molecule has 1 unspecified atom stereocenters. The third kappa shape index (κ3) is 2.95. The minimum Gasteiger partial charge on any atom is -0.457 e. The number of piperidine rings is 1. The lowest BCUT2D eigenvalue weighted by Gasteiger charge is -2.34. The topological polar surface area (TPSA) is 45.5 Å². The molecule has 18 heavy (non-hydrogen) atoms. The normalized spacial score (nSPS) is 19.8. The molecule has 1 aliphatic rings. The van der Waals surface area contributed by atoms with E-state index in [0.717, 1.165) is 38.9 Å². The monoisotopic (exact) mass is 314 g/mol. The lowest BCUT2D eigenvalue weighted by molar-refractivity contribution is 0.0647. The zero-order chi connectivity index (χ0) is 13.0. The molecule has 1 atom stereocenters. The first-order chi connectivity index (χ1) is 8.74. The summed E-state index contributed by atoms with van der Waals surface area (Å²) in [7, 11) is 0. The molecule has 1 N–H and O–H groups in total. The number of rotatable bonds is 4. The third-order valence-corrected chi connectivity index (χ3v) is 3.90. The highest BCUT2D eigenvalue weighted by Gasteiger charge is 2.27. The molecular weight excluding hydrogens is 296 g/mol. The van der Waals surface area contributed by atoms with Gasteiger partial charge in [0.1, 0.15) is 0 Å². The molecule has 100 valence electrons. The highest BCUT2D eigenvalue weighted by Crippen LogP contribution is 2.22. The van der Waals surface area contributed by atoms with E-state index in [1.54, 1.807) is 12.3 Å². The zero-order valence-electron chi connectivity index (χ0n) is 10.6. The van der Waals surface area contributed by atoms with Crippen LogP contribution in [-0.2, 0) is 0 Å².